The number of aromatic nitrogens is 4. The first-order valence-corrected chi connectivity index (χ1v) is 8.09. The normalized spacial score (nSPS) is 12.2. The molecule has 0 amide bonds. The maximum absolute atomic E-state index is 5.74. The summed E-state index contributed by atoms with van der Waals surface area (Å²) in [6.07, 6.45) is 1.45. The van der Waals surface area contributed by atoms with E-state index in [1.807, 2.05) is 36.4 Å². The molecule has 0 saturated heterocycles. The van der Waals surface area contributed by atoms with E-state index in [1.165, 1.54) is 6.33 Å². The molecule has 6 heteroatoms. The average molecular weight is 330 g/mol. The summed E-state index contributed by atoms with van der Waals surface area (Å²) < 4.78 is 2.16. The maximum Gasteiger partial charge on any atom is 0.136 e. The van der Waals surface area contributed by atoms with E-state index in [2.05, 4.69) is 45.0 Å². The lowest BCUT2D eigenvalue weighted by Gasteiger charge is -2.17. The summed E-state index contributed by atoms with van der Waals surface area (Å²) >= 11 is 0. The Kier molecular flexibility index (Phi) is 3.78. The number of hydrogen-bond acceptors (Lipinski definition) is 5. The fraction of sp³-hybridized carbons (Fsp3) is 0.105. The minimum atomic E-state index is -0.0677. The first kappa shape index (κ1) is 15.1. The molecule has 4 aromatic rings. The second-order valence-corrected chi connectivity index (χ2v) is 5.82. The Hall–Kier alpha value is -3.41. The topological polar surface area (TPSA) is 81.7 Å². The van der Waals surface area contributed by atoms with Gasteiger partial charge in [0.25, 0.3) is 0 Å². The standard InChI is InChI=1S/C19H18N6/c1-13(23-18-11-17(20)21-12-22-18)19-24-15-9-5-6-10-16(15)25(19)14-7-3-2-4-8-14/h2-13H,1H3,(H3,20,21,22,23). The Bertz CT molecular complexity index is 1010. The quantitative estimate of drug-likeness (QED) is 0.598. The number of benzene rings is 2. The third-order valence-corrected chi connectivity index (χ3v) is 4.04. The van der Waals surface area contributed by atoms with Crippen molar-refractivity contribution in [1.82, 2.24) is 19.5 Å². The van der Waals surface area contributed by atoms with Crippen molar-refractivity contribution in [2.45, 2.75) is 13.0 Å². The largest absolute Gasteiger partial charge is 0.384 e. The van der Waals surface area contributed by atoms with E-state index >= 15 is 0 Å². The fourth-order valence-electron chi connectivity index (χ4n) is 2.92. The highest BCUT2D eigenvalue weighted by Gasteiger charge is 2.18. The van der Waals surface area contributed by atoms with E-state index in [1.54, 1.807) is 6.07 Å². The molecule has 4 rings (SSSR count). The monoisotopic (exact) mass is 330 g/mol. The molecule has 0 aliphatic rings. The van der Waals surface area contributed by atoms with Crippen molar-refractivity contribution >= 4 is 22.7 Å². The molecule has 0 saturated carbocycles. The number of nitrogen functional groups attached to an aromatic ring is 1. The molecule has 0 aliphatic heterocycles. The smallest absolute Gasteiger partial charge is 0.136 e. The fourth-order valence-corrected chi connectivity index (χ4v) is 2.92. The van der Waals surface area contributed by atoms with Crippen LogP contribution in [0.3, 0.4) is 0 Å². The number of imidazole rings is 1. The molecular weight excluding hydrogens is 312 g/mol. The molecular formula is C19H18N6. The lowest BCUT2D eigenvalue weighted by Crippen LogP contribution is -2.14. The molecule has 2 aromatic heterocycles. The van der Waals surface area contributed by atoms with E-state index < -0.39 is 0 Å². The number of para-hydroxylation sites is 3. The van der Waals surface area contributed by atoms with Crippen molar-refractivity contribution in [3.8, 4) is 5.69 Å². The van der Waals surface area contributed by atoms with Gasteiger partial charge in [0.2, 0.25) is 0 Å². The Morgan fingerprint density at radius 3 is 2.56 bits per heavy atom. The van der Waals surface area contributed by atoms with Gasteiger partial charge in [0, 0.05) is 11.8 Å². The summed E-state index contributed by atoms with van der Waals surface area (Å²) in [5.41, 5.74) is 8.84. The van der Waals surface area contributed by atoms with Crippen LogP contribution >= 0.6 is 0 Å². The molecule has 25 heavy (non-hydrogen) atoms. The third kappa shape index (κ3) is 2.89. The van der Waals surface area contributed by atoms with Gasteiger partial charge >= 0.3 is 0 Å². The van der Waals surface area contributed by atoms with Gasteiger partial charge in [0.1, 0.15) is 23.8 Å². The summed E-state index contributed by atoms with van der Waals surface area (Å²) in [5, 5.41) is 3.36. The number of nitrogens with two attached hydrogens (primary N) is 1. The molecule has 0 fully saturated rings. The Morgan fingerprint density at radius 2 is 1.76 bits per heavy atom. The number of rotatable bonds is 4. The zero-order chi connectivity index (χ0) is 17.2. The molecule has 2 heterocycles. The van der Waals surface area contributed by atoms with Gasteiger partial charge in [0.05, 0.1) is 17.1 Å². The molecule has 0 bridgehead atoms. The maximum atomic E-state index is 5.74. The highest BCUT2D eigenvalue weighted by molar-refractivity contribution is 5.78. The third-order valence-electron chi connectivity index (χ3n) is 4.04. The van der Waals surface area contributed by atoms with Crippen LogP contribution in [0, 0.1) is 0 Å². The van der Waals surface area contributed by atoms with Crippen LogP contribution in [0.25, 0.3) is 16.7 Å². The van der Waals surface area contributed by atoms with Gasteiger partial charge < -0.3 is 11.1 Å². The Morgan fingerprint density at radius 1 is 1.00 bits per heavy atom. The van der Waals surface area contributed by atoms with Gasteiger partial charge in [-0.1, -0.05) is 30.3 Å². The van der Waals surface area contributed by atoms with E-state index in [0.29, 0.717) is 11.6 Å². The number of nitrogens with one attached hydrogen (secondary N) is 1. The average Bonchev–Trinajstić information content (AvgIpc) is 3.02. The zero-order valence-electron chi connectivity index (χ0n) is 13.8. The molecule has 0 aliphatic carbocycles. The van der Waals surface area contributed by atoms with Crippen LogP contribution in [0.5, 0.6) is 0 Å². The molecule has 1 unspecified atom stereocenters. The van der Waals surface area contributed by atoms with E-state index in [0.717, 1.165) is 22.5 Å². The minimum Gasteiger partial charge on any atom is -0.384 e. The van der Waals surface area contributed by atoms with Crippen molar-refractivity contribution in [2.75, 3.05) is 11.1 Å². The van der Waals surface area contributed by atoms with Gasteiger partial charge in [-0.25, -0.2) is 15.0 Å². The van der Waals surface area contributed by atoms with Crippen molar-refractivity contribution in [3.63, 3.8) is 0 Å². The first-order valence-electron chi connectivity index (χ1n) is 8.09. The van der Waals surface area contributed by atoms with Gasteiger partial charge in [0.15, 0.2) is 0 Å². The van der Waals surface area contributed by atoms with Gasteiger partial charge in [-0.05, 0) is 31.2 Å². The summed E-state index contributed by atoms with van der Waals surface area (Å²) in [6, 6.07) is 20.0. The zero-order valence-corrected chi connectivity index (χ0v) is 13.8. The highest BCUT2D eigenvalue weighted by atomic mass is 15.1. The second kappa shape index (κ2) is 6.24. The number of nitrogens with zero attached hydrogens (tertiary/aromatic N) is 4. The summed E-state index contributed by atoms with van der Waals surface area (Å²) in [4.78, 5) is 13.0. The van der Waals surface area contributed by atoms with E-state index in [9.17, 15) is 0 Å². The van der Waals surface area contributed by atoms with Crippen molar-refractivity contribution in [2.24, 2.45) is 0 Å². The Labute approximate surface area is 145 Å². The predicted octanol–water partition coefficient (Wildman–Crippen LogP) is 3.57. The van der Waals surface area contributed by atoms with Gasteiger partial charge in [-0.15, -0.1) is 0 Å². The number of hydrogen-bond donors (Lipinski definition) is 2. The van der Waals surface area contributed by atoms with Crippen molar-refractivity contribution in [3.05, 3.63) is 72.8 Å². The predicted molar refractivity (Wildman–Crippen MR) is 99.6 cm³/mol. The lowest BCUT2D eigenvalue weighted by atomic mass is 10.2. The minimum absolute atomic E-state index is 0.0677. The van der Waals surface area contributed by atoms with Gasteiger partial charge in [-0.3, -0.25) is 4.57 Å². The number of fused-ring (bicyclic) bond motifs is 1. The highest BCUT2D eigenvalue weighted by Crippen LogP contribution is 2.26. The van der Waals surface area contributed by atoms with Crippen LogP contribution in [-0.4, -0.2) is 19.5 Å². The molecule has 1 atom stereocenters. The van der Waals surface area contributed by atoms with Crippen LogP contribution < -0.4 is 11.1 Å². The molecule has 6 nitrogen and oxygen atoms in total. The van der Waals surface area contributed by atoms with Crippen LogP contribution in [-0.2, 0) is 0 Å². The molecule has 2 aromatic carbocycles. The summed E-state index contributed by atoms with van der Waals surface area (Å²) in [6.45, 7) is 2.05. The van der Waals surface area contributed by atoms with E-state index in [4.69, 9.17) is 10.7 Å². The first-order chi connectivity index (χ1) is 12.2. The van der Waals surface area contributed by atoms with E-state index in [-0.39, 0.29) is 6.04 Å². The summed E-state index contributed by atoms with van der Waals surface area (Å²) in [5.74, 6) is 2.01. The van der Waals surface area contributed by atoms with Gasteiger partial charge in [-0.2, -0.15) is 0 Å². The van der Waals surface area contributed by atoms with Crippen LogP contribution in [0.1, 0.15) is 18.8 Å². The van der Waals surface area contributed by atoms with Crippen LogP contribution in [0.15, 0.2) is 67.0 Å². The molecule has 124 valence electrons. The van der Waals surface area contributed by atoms with Crippen molar-refractivity contribution < 1.29 is 0 Å². The Balaban J connectivity index is 1.81. The second-order valence-electron chi connectivity index (χ2n) is 5.82. The molecule has 0 radical (unpaired) electrons. The summed E-state index contributed by atoms with van der Waals surface area (Å²) in [7, 11) is 0. The molecule has 0 spiro atoms. The van der Waals surface area contributed by atoms with Crippen LogP contribution in [0.2, 0.25) is 0 Å². The van der Waals surface area contributed by atoms with Crippen molar-refractivity contribution in [1.29, 1.82) is 0 Å². The SMILES string of the molecule is CC(Nc1cc(N)ncn1)c1nc2ccccc2n1-c1ccccc1. The molecule has 3 N–H and O–H groups in total. The lowest BCUT2D eigenvalue weighted by molar-refractivity contribution is 0.768. The van der Waals surface area contributed by atoms with Crippen LogP contribution in [0.4, 0.5) is 11.6 Å². The number of anilines is 2.